The maximum atomic E-state index is 12.1. The van der Waals surface area contributed by atoms with Gasteiger partial charge in [-0.1, -0.05) is 30.3 Å². The van der Waals surface area contributed by atoms with Crippen LogP contribution in [0, 0.1) is 11.3 Å². The van der Waals surface area contributed by atoms with Crippen molar-refractivity contribution in [3.8, 4) is 0 Å². The SMILES string of the molecule is COC(=O)C12COCC1CN(Cc1ccccc1)C2. The van der Waals surface area contributed by atoms with Crippen LogP contribution in [0.3, 0.4) is 0 Å². The van der Waals surface area contributed by atoms with Gasteiger partial charge in [-0.15, -0.1) is 0 Å². The summed E-state index contributed by atoms with van der Waals surface area (Å²) in [5.41, 5.74) is 0.840. The van der Waals surface area contributed by atoms with Crippen molar-refractivity contribution in [1.29, 1.82) is 0 Å². The number of carbonyl (C=O) groups is 1. The minimum Gasteiger partial charge on any atom is -0.468 e. The van der Waals surface area contributed by atoms with Crippen LogP contribution in [-0.4, -0.2) is 44.3 Å². The van der Waals surface area contributed by atoms with E-state index in [2.05, 4.69) is 17.0 Å². The van der Waals surface area contributed by atoms with E-state index in [1.165, 1.54) is 12.7 Å². The van der Waals surface area contributed by atoms with Gasteiger partial charge < -0.3 is 9.47 Å². The molecule has 0 radical (unpaired) electrons. The van der Waals surface area contributed by atoms with Gasteiger partial charge in [0, 0.05) is 25.6 Å². The van der Waals surface area contributed by atoms with E-state index in [1.54, 1.807) is 0 Å². The molecule has 0 spiro atoms. The number of carbonyl (C=O) groups excluding carboxylic acids is 1. The second-order valence-electron chi connectivity index (χ2n) is 5.51. The number of benzene rings is 1. The highest BCUT2D eigenvalue weighted by atomic mass is 16.5. The molecule has 0 aromatic heterocycles. The number of nitrogens with zero attached hydrogens (tertiary/aromatic N) is 1. The van der Waals surface area contributed by atoms with Crippen LogP contribution in [0.2, 0.25) is 0 Å². The Labute approximate surface area is 113 Å². The molecule has 4 heteroatoms. The summed E-state index contributed by atoms with van der Waals surface area (Å²) in [5.74, 6) is 0.147. The fourth-order valence-corrected chi connectivity index (χ4v) is 3.29. The normalized spacial score (nSPS) is 30.3. The lowest BCUT2D eigenvalue weighted by Gasteiger charge is -2.24. The molecule has 0 amide bonds. The van der Waals surface area contributed by atoms with Gasteiger partial charge in [-0.25, -0.2) is 0 Å². The third kappa shape index (κ3) is 2.15. The van der Waals surface area contributed by atoms with E-state index in [0.29, 0.717) is 13.2 Å². The number of esters is 1. The summed E-state index contributed by atoms with van der Waals surface area (Å²) in [6, 6.07) is 10.4. The van der Waals surface area contributed by atoms with Crippen molar-refractivity contribution >= 4 is 5.97 Å². The van der Waals surface area contributed by atoms with E-state index in [0.717, 1.165) is 19.6 Å². The van der Waals surface area contributed by atoms with Gasteiger partial charge in [-0.05, 0) is 5.56 Å². The third-order valence-electron chi connectivity index (χ3n) is 4.29. The van der Waals surface area contributed by atoms with Gasteiger partial charge >= 0.3 is 5.97 Å². The average molecular weight is 261 g/mol. The molecule has 2 saturated heterocycles. The Morgan fingerprint density at radius 1 is 1.47 bits per heavy atom. The summed E-state index contributed by atoms with van der Waals surface area (Å²) >= 11 is 0. The van der Waals surface area contributed by atoms with E-state index in [4.69, 9.17) is 9.47 Å². The van der Waals surface area contributed by atoms with Crippen LogP contribution >= 0.6 is 0 Å². The van der Waals surface area contributed by atoms with Gasteiger partial charge in [0.15, 0.2) is 0 Å². The lowest BCUT2D eigenvalue weighted by molar-refractivity contribution is -0.153. The molecule has 1 aromatic carbocycles. The first-order valence-corrected chi connectivity index (χ1v) is 6.67. The van der Waals surface area contributed by atoms with Crippen molar-refractivity contribution < 1.29 is 14.3 Å². The first-order valence-electron chi connectivity index (χ1n) is 6.67. The molecule has 0 bridgehead atoms. The highest BCUT2D eigenvalue weighted by Crippen LogP contribution is 2.42. The molecular formula is C15H19NO3. The highest BCUT2D eigenvalue weighted by Gasteiger charge is 2.56. The monoisotopic (exact) mass is 261 g/mol. The van der Waals surface area contributed by atoms with Crippen LogP contribution in [0.25, 0.3) is 0 Å². The van der Waals surface area contributed by atoms with E-state index in [9.17, 15) is 4.79 Å². The summed E-state index contributed by atoms with van der Waals surface area (Å²) in [5, 5.41) is 0. The van der Waals surface area contributed by atoms with Gasteiger partial charge in [0.05, 0.1) is 20.3 Å². The summed E-state index contributed by atoms with van der Waals surface area (Å²) in [4.78, 5) is 14.4. The Morgan fingerprint density at radius 3 is 3.00 bits per heavy atom. The molecule has 102 valence electrons. The highest BCUT2D eigenvalue weighted by molar-refractivity contribution is 5.78. The smallest absolute Gasteiger partial charge is 0.315 e. The molecule has 2 unspecified atom stereocenters. The predicted molar refractivity (Wildman–Crippen MR) is 70.5 cm³/mol. The van der Waals surface area contributed by atoms with Crippen LogP contribution in [-0.2, 0) is 20.8 Å². The number of fused-ring (bicyclic) bond motifs is 1. The first kappa shape index (κ1) is 12.6. The Hall–Kier alpha value is -1.39. The Morgan fingerprint density at radius 2 is 2.26 bits per heavy atom. The Bertz CT molecular complexity index is 462. The number of likely N-dealkylation sites (tertiary alicyclic amines) is 1. The molecule has 3 rings (SSSR count). The molecule has 2 aliphatic heterocycles. The van der Waals surface area contributed by atoms with E-state index >= 15 is 0 Å². The molecule has 0 N–H and O–H groups in total. The van der Waals surface area contributed by atoms with Gasteiger partial charge in [0.25, 0.3) is 0 Å². The minimum atomic E-state index is -0.441. The van der Waals surface area contributed by atoms with Crippen LogP contribution in [0.15, 0.2) is 30.3 Å². The minimum absolute atomic E-state index is 0.120. The zero-order chi connectivity index (χ0) is 13.3. The maximum Gasteiger partial charge on any atom is 0.315 e. The first-order chi connectivity index (χ1) is 9.24. The van der Waals surface area contributed by atoms with Crippen molar-refractivity contribution in [3.63, 3.8) is 0 Å². The lowest BCUT2D eigenvalue weighted by Crippen LogP contribution is -2.40. The average Bonchev–Trinajstić information content (AvgIpc) is 2.96. The molecular weight excluding hydrogens is 242 g/mol. The van der Waals surface area contributed by atoms with Crippen molar-refractivity contribution in [3.05, 3.63) is 35.9 Å². The number of hydrogen-bond acceptors (Lipinski definition) is 4. The fourth-order valence-electron chi connectivity index (χ4n) is 3.29. The number of hydrogen-bond donors (Lipinski definition) is 0. The van der Waals surface area contributed by atoms with Gasteiger partial charge in [0.2, 0.25) is 0 Å². The van der Waals surface area contributed by atoms with Crippen molar-refractivity contribution in [1.82, 2.24) is 4.90 Å². The van der Waals surface area contributed by atoms with E-state index < -0.39 is 5.41 Å². The predicted octanol–water partition coefficient (Wildman–Crippen LogP) is 1.31. The summed E-state index contributed by atoms with van der Waals surface area (Å²) < 4.78 is 10.5. The molecule has 19 heavy (non-hydrogen) atoms. The topological polar surface area (TPSA) is 38.8 Å². The summed E-state index contributed by atoms with van der Waals surface area (Å²) in [6.45, 7) is 3.69. The van der Waals surface area contributed by atoms with Gasteiger partial charge in [0.1, 0.15) is 5.41 Å². The quantitative estimate of drug-likeness (QED) is 0.769. The van der Waals surface area contributed by atoms with E-state index in [1.807, 2.05) is 18.2 Å². The molecule has 4 nitrogen and oxygen atoms in total. The van der Waals surface area contributed by atoms with Crippen LogP contribution in [0.5, 0.6) is 0 Å². The van der Waals surface area contributed by atoms with Crippen LogP contribution in [0.4, 0.5) is 0 Å². The second-order valence-corrected chi connectivity index (χ2v) is 5.51. The zero-order valence-corrected chi connectivity index (χ0v) is 11.2. The van der Waals surface area contributed by atoms with Crippen LogP contribution < -0.4 is 0 Å². The largest absolute Gasteiger partial charge is 0.468 e. The standard InChI is InChI=1S/C15H19NO3/c1-18-14(17)15-10-16(8-13(15)9-19-11-15)7-12-5-3-2-4-6-12/h2-6,13H,7-11H2,1H3. The van der Waals surface area contributed by atoms with Gasteiger partial charge in [-0.2, -0.15) is 0 Å². The molecule has 0 saturated carbocycles. The van der Waals surface area contributed by atoms with Crippen molar-refractivity contribution in [2.45, 2.75) is 6.54 Å². The molecule has 1 aromatic rings. The lowest BCUT2D eigenvalue weighted by atomic mass is 9.81. The van der Waals surface area contributed by atoms with Gasteiger partial charge in [-0.3, -0.25) is 9.69 Å². The van der Waals surface area contributed by atoms with E-state index in [-0.39, 0.29) is 11.9 Å². The molecule has 0 aliphatic carbocycles. The molecule has 2 heterocycles. The molecule has 2 atom stereocenters. The molecule has 2 fully saturated rings. The number of rotatable bonds is 3. The van der Waals surface area contributed by atoms with Crippen molar-refractivity contribution in [2.24, 2.45) is 11.3 Å². The Balaban J connectivity index is 1.73. The van der Waals surface area contributed by atoms with Crippen LogP contribution in [0.1, 0.15) is 5.56 Å². The number of ether oxygens (including phenoxy) is 2. The Kier molecular flexibility index (Phi) is 3.29. The summed E-state index contributed by atoms with van der Waals surface area (Å²) in [7, 11) is 1.46. The zero-order valence-electron chi connectivity index (χ0n) is 11.2. The second kappa shape index (κ2) is 4.94. The fraction of sp³-hybridized carbons (Fsp3) is 0.533. The summed E-state index contributed by atoms with van der Waals surface area (Å²) in [6.07, 6.45) is 0. The third-order valence-corrected chi connectivity index (χ3v) is 4.29. The van der Waals surface area contributed by atoms with Crippen molar-refractivity contribution in [2.75, 3.05) is 33.4 Å². The maximum absolute atomic E-state index is 12.1. The number of methoxy groups -OCH3 is 1. The molecule has 2 aliphatic rings.